The number of thioether (sulfide) groups is 1. The van der Waals surface area contributed by atoms with Crippen LogP contribution in [0.1, 0.15) is 38.7 Å². The van der Waals surface area contributed by atoms with E-state index in [1.807, 2.05) is 36.4 Å². The molecule has 1 aliphatic heterocycles. The van der Waals surface area contributed by atoms with Crippen molar-refractivity contribution in [3.63, 3.8) is 0 Å². The van der Waals surface area contributed by atoms with E-state index in [0.717, 1.165) is 36.2 Å². The molecular weight excluding hydrogens is 446 g/mol. The van der Waals surface area contributed by atoms with E-state index in [1.54, 1.807) is 13.2 Å². The van der Waals surface area contributed by atoms with Gasteiger partial charge < -0.3 is 14.7 Å². The van der Waals surface area contributed by atoms with Crippen molar-refractivity contribution in [3.8, 4) is 5.75 Å². The molecule has 0 fully saturated rings. The Labute approximate surface area is 196 Å². The maximum atomic E-state index is 11.4. The molecule has 1 unspecified atom stereocenters. The van der Waals surface area contributed by atoms with Crippen molar-refractivity contribution >= 4 is 39.7 Å². The summed E-state index contributed by atoms with van der Waals surface area (Å²) in [7, 11) is -1.49. The number of ether oxygens (including phenoxy) is 1. The molecule has 0 amide bonds. The van der Waals surface area contributed by atoms with E-state index in [2.05, 4.69) is 18.7 Å². The van der Waals surface area contributed by atoms with Gasteiger partial charge in [0.15, 0.2) is 0 Å². The first-order chi connectivity index (χ1) is 15.2. The Bertz CT molecular complexity index is 937. The molecule has 0 saturated heterocycles. The first-order valence-electron chi connectivity index (χ1n) is 10.8. The third kappa shape index (κ3) is 5.73. The number of benzene rings is 2. The average molecular weight is 480 g/mol. The zero-order chi connectivity index (χ0) is 23.4. The Morgan fingerprint density at radius 3 is 2.59 bits per heavy atom. The highest BCUT2D eigenvalue weighted by molar-refractivity contribution is 8.24. The van der Waals surface area contributed by atoms with Gasteiger partial charge in [-0.05, 0) is 24.6 Å². The Kier molecular flexibility index (Phi) is 8.03. The van der Waals surface area contributed by atoms with Gasteiger partial charge in [-0.3, -0.25) is 13.9 Å². The Balaban J connectivity index is 2.13. The second-order valence-electron chi connectivity index (χ2n) is 8.67. The molecule has 3 rings (SSSR count). The number of para-hydroxylation sites is 1. The summed E-state index contributed by atoms with van der Waals surface area (Å²) in [6.45, 7) is 4.95. The van der Waals surface area contributed by atoms with Gasteiger partial charge in [0.2, 0.25) is 0 Å². The van der Waals surface area contributed by atoms with Crippen LogP contribution < -0.4 is 9.64 Å². The number of hydrogen-bond donors (Lipinski definition) is 3. The minimum Gasteiger partial charge on any atom is -0.496 e. The second-order valence-corrected chi connectivity index (χ2v) is 11.7. The lowest BCUT2D eigenvalue weighted by Gasteiger charge is -2.39. The van der Waals surface area contributed by atoms with Gasteiger partial charge in [0.25, 0.3) is 0 Å². The lowest BCUT2D eigenvalue weighted by Crippen LogP contribution is -2.35. The van der Waals surface area contributed by atoms with Crippen molar-refractivity contribution in [2.24, 2.45) is 5.41 Å². The largest absolute Gasteiger partial charge is 0.496 e. The third-order valence-corrected chi connectivity index (χ3v) is 8.88. The maximum Gasteiger partial charge on any atom is 0.313 e. The van der Waals surface area contributed by atoms with Gasteiger partial charge in [-0.15, -0.1) is 11.8 Å². The van der Waals surface area contributed by atoms with Crippen molar-refractivity contribution in [2.75, 3.05) is 30.1 Å². The Hall–Kier alpha value is -1.87. The molecule has 0 aliphatic carbocycles. The van der Waals surface area contributed by atoms with Crippen LogP contribution in [0.4, 0.5) is 11.4 Å². The van der Waals surface area contributed by atoms with Gasteiger partial charge in [0, 0.05) is 40.8 Å². The van der Waals surface area contributed by atoms with E-state index in [0.29, 0.717) is 28.7 Å². The van der Waals surface area contributed by atoms with E-state index in [-0.39, 0.29) is 11.2 Å². The smallest absolute Gasteiger partial charge is 0.313 e. The maximum absolute atomic E-state index is 11.4. The van der Waals surface area contributed by atoms with Crippen molar-refractivity contribution < 1.29 is 23.7 Å². The molecule has 0 saturated carbocycles. The van der Waals surface area contributed by atoms with Crippen molar-refractivity contribution in [1.29, 1.82) is 0 Å². The van der Waals surface area contributed by atoms with Gasteiger partial charge >= 0.3 is 5.97 Å². The fourth-order valence-electron chi connectivity index (χ4n) is 4.28. The number of unbranched alkanes of at least 4 members (excludes halogenated alkanes) is 1. The summed E-state index contributed by atoms with van der Waals surface area (Å²) in [4.78, 5) is 13.6. The zero-order valence-electron chi connectivity index (χ0n) is 18.9. The number of carboxylic acid groups (broad SMARTS) is 1. The Morgan fingerprint density at radius 1 is 1.25 bits per heavy atom. The highest BCUT2D eigenvalue weighted by Gasteiger charge is 2.40. The predicted molar refractivity (Wildman–Crippen MR) is 134 cm³/mol. The van der Waals surface area contributed by atoms with Crippen LogP contribution in [0.2, 0.25) is 0 Å². The van der Waals surface area contributed by atoms with Crippen LogP contribution in [0, 0.1) is 5.41 Å². The van der Waals surface area contributed by atoms with E-state index in [1.165, 1.54) is 11.8 Å². The summed E-state index contributed by atoms with van der Waals surface area (Å²) in [6.07, 6.45) is 2.96. The average Bonchev–Trinajstić information content (AvgIpc) is 2.84. The minimum absolute atomic E-state index is 0.0261. The minimum atomic E-state index is -3.07. The van der Waals surface area contributed by atoms with Gasteiger partial charge in [-0.1, -0.05) is 44.9 Å². The molecule has 8 heteroatoms. The zero-order valence-corrected chi connectivity index (χ0v) is 20.5. The number of carboxylic acids is 1. The first-order valence-corrected chi connectivity index (χ1v) is 13.6. The van der Waals surface area contributed by atoms with Crippen LogP contribution in [0.25, 0.3) is 0 Å². The fraction of sp³-hybridized carbons (Fsp3) is 0.458. The number of carbonyl (C=O) groups is 1. The predicted octanol–water partition coefficient (Wildman–Crippen LogP) is 6.47. The Morgan fingerprint density at radius 2 is 1.97 bits per heavy atom. The summed E-state index contributed by atoms with van der Waals surface area (Å²) in [5.74, 6) is 0.424. The van der Waals surface area contributed by atoms with Gasteiger partial charge in [-0.2, -0.15) is 10.6 Å². The van der Waals surface area contributed by atoms with Crippen LogP contribution in [-0.4, -0.2) is 45.3 Å². The molecule has 0 bridgehead atoms. The monoisotopic (exact) mass is 479 g/mol. The van der Waals surface area contributed by atoms with E-state index < -0.39 is 16.6 Å². The van der Waals surface area contributed by atoms with Crippen molar-refractivity contribution in [2.45, 2.75) is 43.8 Å². The second kappa shape index (κ2) is 10.4. The summed E-state index contributed by atoms with van der Waals surface area (Å²) < 4.78 is 28.4. The third-order valence-electron chi connectivity index (χ3n) is 5.78. The topological polar surface area (TPSA) is 90.2 Å². The molecule has 6 nitrogen and oxygen atoms in total. The number of fused-ring (bicyclic) bond motifs is 1. The SMILES string of the molecule is CCCCC1(C)CN(c2ccccc2)c2cc(OC)c(CSCC(=O)O)cc2S(O)(O)C1. The van der Waals surface area contributed by atoms with E-state index in [4.69, 9.17) is 9.84 Å². The molecule has 1 atom stereocenters. The van der Waals surface area contributed by atoms with Crippen LogP contribution in [0.3, 0.4) is 0 Å². The summed E-state index contributed by atoms with van der Waals surface area (Å²) in [5.41, 5.74) is 2.21. The molecule has 1 aliphatic rings. The van der Waals surface area contributed by atoms with Crippen molar-refractivity contribution in [3.05, 3.63) is 48.0 Å². The van der Waals surface area contributed by atoms with Crippen LogP contribution in [0.5, 0.6) is 5.75 Å². The molecular formula is C24H33NO5S2. The first kappa shape index (κ1) is 24.8. The summed E-state index contributed by atoms with van der Waals surface area (Å²) in [5, 5.41) is 8.98. The number of anilines is 2. The van der Waals surface area contributed by atoms with Gasteiger partial charge in [0.1, 0.15) is 5.75 Å². The lowest BCUT2D eigenvalue weighted by molar-refractivity contribution is -0.133. The number of rotatable bonds is 9. The number of aliphatic carboxylic acids is 1. The van der Waals surface area contributed by atoms with Gasteiger partial charge in [0.05, 0.1) is 23.4 Å². The molecule has 3 N–H and O–H groups in total. The lowest BCUT2D eigenvalue weighted by atomic mass is 9.86. The number of methoxy groups -OCH3 is 1. The molecule has 176 valence electrons. The normalized spacial score (nSPS) is 20.8. The fourth-order valence-corrected chi connectivity index (χ4v) is 7.20. The number of nitrogens with zero attached hydrogens (tertiary/aromatic N) is 1. The highest BCUT2D eigenvalue weighted by atomic mass is 32.3. The van der Waals surface area contributed by atoms with Crippen molar-refractivity contribution in [1.82, 2.24) is 0 Å². The summed E-state index contributed by atoms with van der Waals surface area (Å²) in [6, 6.07) is 13.7. The summed E-state index contributed by atoms with van der Waals surface area (Å²) >= 11 is 1.26. The highest BCUT2D eigenvalue weighted by Crippen LogP contribution is 2.60. The van der Waals surface area contributed by atoms with E-state index >= 15 is 0 Å². The molecule has 0 radical (unpaired) electrons. The van der Waals surface area contributed by atoms with Crippen LogP contribution >= 0.6 is 22.4 Å². The standard InChI is InChI=1S/C24H33NO5S2/c1-4-5-11-24(2)16-25(19-9-7-6-8-10-19)20-13-21(30-3)18(14-31-15-23(26)27)12-22(20)32(28,29)17-24/h6-10,12-13,28-29H,4-5,11,14-17H2,1-3H3,(H,26,27). The molecule has 32 heavy (non-hydrogen) atoms. The van der Waals surface area contributed by atoms with E-state index in [9.17, 15) is 13.9 Å². The quantitative estimate of drug-likeness (QED) is 0.380. The van der Waals surface area contributed by atoms with Crippen LogP contribution in [-0.2, 0) is 10.5 Å². The molecule has 1 heterocycles. The molecule has 0 spiro atoms. The molecule has 2 aromatic rings. The number of hydrogen-bond acceptors (Lipinski definition) is 6. The molecule has 2 aromatic carbocycles. The van der Waals surface area contributed by atoms with Crippen LogP contribution in [0.15, 0.2) is 47.4 Å². The van der Waals surface area contributed by atoms with Gasteiger partial charge in [-0.25, -0.2) is 0 Å². The molecule has 0 aromatic heterocycles.